The highest BCUT2D eigenvalue weighted by Crippen LogP contribution is 2.16. The molecule has 0 amide bonds. The van der Waals surface area contributed by atoms with Gasteiger partial charge in [0.15, 0.2) is 0 Å². The minimum absolute atomic E-state index is 0.538. The summed E-state index contributed by atoms with van der Waals surface area (Å²) in [6.45, 7) is 0. The molecule has 0 saturated heterocycles. The quantitative estimate of drug-likeness (QED) is 0.590. The monoisotopic (exact) mass is 123 g/mol. The second-order valence-electron chi connectivity index (χ2n) is 1.56. The van der Waals surface area contributed by atoms with Gasteiger partial charge < -0.3 is 10.5 Å². The first-order chi connectivity index (χ1) is 4.34. The number of anilines is 1. The van der Waals surface area contributed by atoms with Crippen molar-refractivity contribution in [2.45, 2.75) is 0 Å². The molecule has 1 aromatic heterocycles. The van der Waals surface area contributed by atoms with E-state index in [4.69, 9.17) is 10.5 Å². The standard InChI is InChI=1S/C6H7N2O/c1-9-6-2-3-8-4-5(6)7/h2,4H,7H2,1H3. The molecule has 0 aromatic carbocycles. The van der Waals surface area contributed by atoms with Gasteiger partial charge in [0.25, 0.3) is 0 Å². The molecule has 0 aliphatic heterocycles. The number of aromatic nitrogens is 1. The van der Waals surface area contributed by atoms with E-state index in [1.807, 2.05) is 0 Å². The topological polar surface area (TPSA) is 48.1 Å². The average molecular weight is 123 g/mol. The van der Waals surface area contributed by atoms with Crippen molar-refractivity contribution in [3.63, 3.8) is 0 Å². The van der Waals surface area contributed by atoms with Crippen LogP contribution in [0.25, 0.3) is 0 Å². The Hall–Kier alpha value is -1.25. The molecule has 1 heterocycles. The van der Waals surface area contributed by atoms with Crippen LogP contribution < -0.4 is 10.5 Å². The van der Waals surface area contributed by atoms with Crippen LogP contribution in [0.5, 0.6) is 5.75 Å². The van der Waals surface area contributed by atoms with E-state index in [9.17, 15) is 0 Å². The Kier molecular flexibility index (Phi) is 1.53. The number of hydrogen-bond acceptors (Lipinski definition) is 3. The van der Waals surface area contributed by atoms with Crippen molar-refractivity contribution in [3.05, 3.63) is 18.5 Å². The largest absolute Gasteiger partial charge is 0.494 e. The van der Waals surface area contributed by atoms with Crippen molar-refractivity contribution in [1.29, 1.82) is 0 Å². The van der Waals surface area contributed by atoms with Gasteiger partial charge in [-0.2, -0.15) is 0 Å². The van der Waals surface area contributed by atoms with Crippen LogP contribution in [0.2, 0.25) is 0 Å². The van der Waals surface area contributed by atoms with Crippen molar-refractivity contribution >= 4 is 5.69 Å². The molecule has 3 nitrogen and oxygen atoms in total. The van der Waals surface area contributed by atoms with E-state index < -0.39 is 0 Å². The van der Waals surface area contributed by atoms with Gasteiger partial charge in [-0.25, -0.2) is 0 Å². The highest BCUT2D eigenvalue weighted by atomic mass is 16.5. The molecule has 3 heteroatoms. The lowest BCUT2D eigenvalue weighted by molar-refractivity contribution is 0.416. The van der Waals surface area contributed by atoms with E-state index in [0.717, 1.165) is 0 Å². The summed E-state index contributed by atoms with van der Waals surface area (Å²) in [7, 11) is 1.56. The van der Waals surface area contributed by atoms with Crippen LogP contribution in [-0.4, -0.2) is 12.1 Å². The number of hydrogen-bond donors (Lipinski definition) is 1. The van der Waals surface area contributed by atoms with Crippen LogP contribution >= 0.6 is 0 Å². The zero-order valence-corrected chi connectivity index (χ0v) is 5.09. The number of nitrogen functional groups attached to an aromatic ring is 1. The molecular weight excluding hydrogens is 116 g/mol. The van der Waals surface area contributed by atoms with Gasteiger partial charge in [0, 0.05) is 6.07 Å². The maximum Gasteiger partial charge on any atom is 0.145 e. The van der Waals surface area contributed by atoms with Crippen LogP contribution in [0.1, 0.15) is 0 Å². The van der Waals surface area contributed by atoms with E-state index in [-0.39, 0.29) is 0 Å². The summed E-state index contributed by atoms with van der Waals surface area (Å²) in [6, 6.07) is 1.59. The molecule has 0 unspecified atom stereocenters. The molecule has 0 aliphatic carbocycles. The zero-order chi connectivity index (χ0) is 6.69. The molecule has 0 aliphatic rings. The maximum atomic E-state index is 5.42. The molecule has 0 bridgehead atoms. The first-order valence-electron chi connectivity index (χ1n) is 2.50. The molecule has 1 aromatic rings. The summed E-state index contributed by atoms with van der Waals surface area (Å²) < 4.78 is 4.85. The van der Waals surface area contributed by atoms with Gasteiger partial charge in [0.05, 0.1) is 25.2 Å². The number of rotatable bonds is 1. The third-order valence-corrected chi connectivity index (χ3v) is 0.978. The van der Waals surface area contributed by atoms with Crippen LogP contribution in [-0.2, 0) is 0 Å². The highest BCUT2D eigenvalue weighted by Gasteiger charge is 1.93. The fourth-order valence-electron chi connectivity index (χ4n) is 0.526. The lowest BCUT2D eigenvalue weighted by atomic mass is 10.4. The molecule has 2 N–H and O–H groups in total. The summed E-state index contributed by atoms with van der Waals surface area (Å²) in [6.07, 6.45) is 4.10. The smallest absolute Gasteiger partial charge is 0.145 e. The minimum atomic E-state index is 0.538. The fourth-order valence-corrected chi connectivity index (χ4v) is 0.526. The van der Waals surface area contributed by atoms with Gasteiger partial charge in [0.2, 0.25) is 0 Å². The summed E-state index contributed by atoms with van der Waals surface area (Å²) in [5.41, 5.74) is 5.96. The minimum Gasteiger partial charge on any atom is -0.494 e. The van der Waals surface area contributed by atoms with Crippen molar-refractivity contribution < 1.29 is 4.74 Å². The van der Waals surface area contributed by atoms with Crippen LogP contribution in [0, 0.1) is 6.20 Å². The van der Waals surface area contributed by atoms with Gasteiger partial charge in [-0.05, 0) is 0 Å². The fraction of sp³-hybridized carbons (Fsp3) is 0.167. The normalized spacial score (nSPS) is 9.00. The first kappa shape index (κ1) is 5.88. The van der Waals surface area contributed by atoms with E-state index in [1.165, 1.54) is 6.20 Å². The predicted octanol–water partition coefficient (Wildman–Crippen LogP) is 0.473. The Morgan fingerprint density at radius 2 is 2.56 bits per heavy atom. The van der Waals surface area contributed by atoms with Gasteiger partial charge in [0.1, 0.15) is 5.75 Å². The molecule has 1 radical (unpaired) electrons. The Morgan fingerprint density at radius 1 is 1.78 bits per heavy atom. The van der Waals surface area contributed by atoms with Crippen molar-refractivity contribution in [1.82, 2.24) is 4.98 Å². The average Bonchev–Trinajstić information content (AvgIpc) is 1.89. The lowest BCUT2D eigenvalue weighted by Crippen LogP contribution is -1.91. The first-order valence-corrected chi connectivity index (χ1v) is 2.50. The summed E-state index contributed by atoms with van der Waals surface area (Å²) in [4.78, 5) is 3.66. The number of pyridine rings is 1. The Morgan fingerprint density at radius 3 is 3.00 bits per heavy atom. The predicted molar refractivity (Wildman–Crippen MR) is 34.0 cm³/mol. The molecule has 0 atom stereocenters. The Labute approximate surface area is 53.5 Å². The van der Waals surface area contributed by atoms with E-state index in [2.05, 4.69) is 11.2 Å². The summed E-state index contributed by atoms with van der Waals surface area (Å²) >= 11 is 0. The second-order valence-corrected chi connectivity index (χ2v) is 1.56. The summed E-state index contributed by atoms with van der Waals surface area (Å²) in [5.74, 6) is 0.616. The highest BCUT2D eigenvalue weighted by molar-refractivity contribution is 5.49. The Bertz CT molecular complexity index is 200. The van der Waals surface area contributed by atoms with Crippen molar-refractivity contribution in [2.75, 3.05) is 12.8 Å². The van der Waals surface area contributed by atoms with Gasteiger partial charge in [-0.3, -0.25) is 4.98 Å². The third-order valence-electron chi connectivity index (χ3n) is 0.978. The number of ether oxygens (including phenoxy) is 1. The van der Waals surface area contributed by atoms with E-state index in [1.54, 1.807) is 13.2 Å². The molecule has 0 fully saturated rings. The molecule has 47 valence electrons. The van der Waals surface area contributed by atoms with Crippen LogP contribution in [0.15, 0.2) is 12.3 Å². The zero-order valence-electron chi connectivity index (χ0n) is 5.09. The van der Waals surface area contributed by atoms with Crippen molar-refractivity contribution in [3.8, 4) is 5.75 Å². The number of nitrogens with two attached hydrogens (primary N) is 1. The molecular formula is C6H7N2O. The van der Waals surface area contributed by atoms with Crippen LogP contribution in [0.3, 0.4) is 0 Å². The molecule has 0 spiro atoms. The number of methoxy groups -OCH3 is 1. The lowest BCUT2D eigenvalue weighted by Gasteiger charge is -1.99. The number of nitrogens with zero attached hydrogens (tertiary/aromatic N) is 1. The third kappa shape index (κ3) is 1.10. The van der Waals surface area contributed by atoms with E-state index >= 15 is 0 Å². The van der Waals surface area contributed by atoms with Crippen molar-refractivity contribution in [2.24, 2.45) is 0 Å². The van der Waals surface area contributed by atoms with Gasteiger partial charge in [-0.1, -0.05) is 0 Å². The van der Waals surface area contributed by atoms with E-state index in [0.29, 0.717) is 11.4 Å². The van der Waals surface area contributed by atoms with Gasteiger partial charge in [-0.15, -0.1) is 0 Å². The Balaban J connectivity index is 3.01. The SMILES string of the molecule is COc1c[c]ncc1N. The second kappa shape index (κ2) is 2.35. The van der Waals surface area contributed by atoms with Gasteiger partial charge >= 0.3 is 0 Å². The molecule has 9 heavy (non-hydrogen) atoms. The maximum absolute atomic E-state index is 5.42. The summed E-state index contributed by atoms with van der Waals surface area (Å²) in [5, 5.41) is 0. The molecule has 1 rings (SSSR count). The van der Waals surface area contributed by atoms with Crippen LogP contribution in [0.4, 0.5) is 5.69 Å². The molecule has 0 saturated carbocycles.